The third kappa shape index (κ3) is 4.81. The first-order chi connectivity index (χ1) is 13.0. The van der Waals surface area contributed by atoms with Crippen molar-refractivity contribution >= 4 is 23.3 Å². The van der Waals surface area contributed by atoms with Crippen LogP contribution < -0.4 is 0 Å². The van der Waals surface area contributed by atoms with Gasteiger partial charge in [0.1, 0.15) is 4.88 Å². The van der Waals surface area contributed by atoms with Crippen molar-refractivity contribution in [1.29, 1.82) is 0 Å². The maximum Gasteiger partial charge on any atom is 0.409 e. The number of likely N-dealkylation sites (tertiary alicyclic amines) is 2. The molecule has 0 spiro atoms. The van der Waals surface area contributed by atoms with Gasteiger partial charge >= 0.3 is 6.09 Å². The number of aryl methyl sites for hydroxylation is 1. The van der Waals surface area contributed by atoms with Crippen LogP contribution in [0.25, 0.3) is 0 Å². The van der Waals surface area contributed by atoms with E-state index in [2.05, 4.69) is 9.88 Å². The SMILES string of the molecule is Cc1ncsc1C(=O)N1CCCCC1C1CCN(C(=O)OCC(C)C)CC1. The largest absolute Gasteiger partial charge is 0.449 e. The first kappa shape index (κ1) is 20.1. The molecule has 3 rings (SSSR count). The number of aromatic nitrogens is 1. The van der Waals surface area contributed by atoms with Crippen LogP contribution >= 0.6 is 11.3 Å². The Bertz CT molecular complexity index is 653. The topological polar surface area (TPSA) is 62.7 Å². The number of hydrogen-bond donors (Lipinski definition) is 0. The molecule has 6 nitrogen and oxygen atoms in total. The van der Waals surface area contributed by atoms with E-state index in [4.69, 9.17) is 4.74 Å². The standard InChI is InChI=1S/C20H31N3O3S/c1-14(2)12-26-20(25)22-10-7-16(8-11-22)17-6-4-5-9-23(17)19(24)18-15(3)21-13-27-18/h13-14,16-17H,4-12H2,1-3H3. The summed E-state index contributed by atoms with van der Waals surface area (Å²) in [5.41, 5.74) is 2.58. The molecule has 0 bridgehead atoms. The van der Waals surface area contributed by atoms with E-state index >= 15 is 0 Å². The summed E-state index contributed by atoms with van der Waals surface area (Å²) >= 11 is 1.44. The molecule has 1 aromatic rings. The Hall–Kier alpha value is -1.63. The number of thiazole rings is 1. The minimum atomic E-state index is -0.195. The summed E-state index contributed by atoms with van der Waals surface area (Å²) in [5.74, 6) is 0.943. The molecule has 2 amide bonds. The van der Waals surface area contributed by atoms with Gasteiger partial charge < -0.3 is 14.5 Å². The number of carbonyl (C=O) groups excluding carboxylic acids is 2. The van der Waals surface area contributed by atoms with Crippen LogP contribution in [-0.4, -0.2) is 59.1 Å². The number of ether oxygens (including phenoxy) is 1. The fourth-order valence-corrected chi connectivity index (χ4v) is 4.89. The third-order valence-corrected chi connectivity index (χ3v) is 6.55. The molecule has 2 saturated heterocycles. The zero-order valence-electron chi connectivity index (χ0n) is 16.6. The Morgan fingerprint density at radius 2 is 1.96 bits per heavy atom. The lowest BCUT2D eigenvalue weighted by molar-refractivity contribution is 0.0362. The molecular formula is C20H31N3O3S. The predicted molar refractivity (Wildman–Crippen MR) is 106 cm³/mol. The van der Waals surface area contributed by atoms with Gasteiger partial charge in [0.25, 0.3) is 5.91 Å². The highest BCUT2D eigenvalue weighted by Gasteiger charge is 2.36. The van der Waals surface area contributed by atoms with Crippen molar-refractivity contribution in [2.24, 2.45) is 11.8 Å². The third-order valence-electron chi connectivity index (χ3n) is 5.63. The van der Waals surface area contributed by atoms with E-state index in [1.165, 1.54) is 17.8 Å². The summed E-state index contributed by atoms with van der Waals surface area (Å²) in [6.07, 6.45) is 4.98. The van der Waals surface area contributed by atoms with Crippen LogP contribution in [0.2, 0.25) is 0 Å². The summed E-state index contributed by atoms with van der Waals surface area (Å²) < 4.78 is 5.36. The summed E-state index contributed by atoms with van der Waals surface area (Å²) in [4.78, 5) is 34.2. The number of rotatable bonds is 4. The van der Waals surface area contributed by atoms with E-state index < -0.39 is 0 Å². The van der Waals surface area contributed by atoms with E-state index in [1.807, 2.05) is 25.7 Å². The molecule has 150 valence electrons. The zero-order chi connectivity index (χ0) is 19.4. The molecule has 0 saturated carbocycles. The second-order valence-corrected chi connectivity index (χ2v) is 8.98. The summed E-state index contributed by atoms with van der Waals surface area (Å²) in [7, 11) is 0. The Morgan fingerprint density at radius 3 is 2.59 bits per heavy atom. The highest BCUT2D eigenvalue weighted by Crippen LogP contribution is 2.32. The average molecular weight is 394 g/mol. The molecule has 0 N–H and O–H groups in total. The Morgan fingerprint density at radius 1 is 1.22 bits per heavy atom. The van der Waals surface area contributed by atoms with Crippen LogP contribution in [0.1, 0.15) is 61.3 Å². The highest BCUT2D eigenvalue weighted by atomic mass is 32.1. The summed E-state index contributed by atoms with van der Waals surface area (Å²) in [5, 5.41) is 0. The average Bonchev–Trinajstić information content (AvgIpc) is 3.11. The molecule has 2 fully saturated rings. The van der Waals surface area contributed by atoms with Gasteiger partial charge in [0.05, 0.1) is 17.8 Å². The molecule has 2 aliphatic heterocycles. The van der Waals surface area contributed by atoms with E-state index in [0.717, 1.165) is 55.9 Å². The van der Waals surface area contributed by atoms with Crippen molar-refractivity contribution in [2.75, 3.05) is 26.2 Å². The zero-order valence-corrected chi connectivity index (χ0v) is 17.5. The lowest BCUT2D eigenvalue weighted by Gasteiger charge is -2.43. The number of piperidine rings is 2. The van der Waals surface area contributed by atoms with Crippen molar-refractivity contribution in [3.63, 3.8) is 0 Å². The molecule has 1 aromatic heterocycles. The lowest BCUT2D eigenvalue weighted by Crippen LogP contribution is -2.51. The van der Waals surface area contributed by atoms with Crippen molar-refractivity contribution in [3.8, 4) is 0 Å². The van der Waals surface area contributed by atoms with Gasteiger partial charge in [0.2, 0.25) is 0 Å². The molecular weight excluding hydrogens is 362 g/mol. The van der Waals surface area contributed by atoms with Crippen molar-refractivity contribution in [3.05, 3.63) is 16.1 Å². The monoisotopic (exact) mass is 393 g/mol. The molecule has 0 aromatic carbocycles. The maximum atomic E-state index is 13.1. The van der Waals surface area contributed by atoms with Gasteiger partial charge in [-0.3, -0.25) is 4.79 Å². The maximum absolute atomic E-state index is 13.1. The molecule has 2 aliphatic rings. The minimum Gasteiger partial charge on any atom is -0.449 e. The quantitative estimate of drug-likeness (QED) is 0.777. The van der Waals surface area contributed by atoms with E-state index in [1.54, 1.807) is 5.51 Å². The minimum absolute atomic E-state index is 0.137. The Kier molecular flexibility index (Phi) is 6.73. The number of amides is 2. The van der Waals surface area contributed by atoms with Crippen LogP contribution in [0.5, 0.6) is 0 Å². The van der Waals surface area contributed by atoms with E-state index in [9.17, 15) is 9.59 Å². The Labute approximate surface area is 165 Å². The molecule has 3 heterocycles. The molecule has 0 aliphatic carbocycles. The van der Waals surface area contributed by atoms with Crippen LogP contribution in [0, 0.1) is 18.8 Å². The van der Waals surface area contributed by atoms with Crippen LogP contribution in [0.15, 0.2) is 5.51 Å². The highest BCUT2D eigenvalue weighted by molar-refractivity contribution is 7.11. The number of carbonyl (C=O) groups is 2. The van der Waals surface area contributed by atoms with E-state index in [-0.39, 0.29) is 18.0 Å². The predicted octanol–water partition coefficient (Wildman–Crippen LogP) is 3.95. The summed E-state index contributed by atoms with van der Waals surface area (Å²) in [6.45, 7) is 8.73. The van der Waals surface area contributed by atoms with Gasteiger partial charge in [0.15, 0.2) is 0 Å². The van der Waals surface area contributed by atoms with Gasteiger partial charge in [-0.25, -0.2) is 9.78 Å². The van der Waals surface area contributed by atoms with Crippen molar-refractivity contribution < 1.29 is 14.3 Å². The van der Waals surface area contributed by atoms with Crippen LogP contribution in [0.3, 0.4) is 0 Å². The van der Waals surface area contributed by atoms with Gasteiger partial charge in [0, 0.05) is 25.7 Å². The van der Waals surface area contributed by atoms with E-state index in [0.29, 0.717) is 18.4 Å². The van der Waals surface area contributed by atoms with Crippen molar-refractivity contribution in [2.45, 2.75) is 58.9 Å². The first-order valence-corrected chi connectivity index (χ1v) is 11.0. The summed E-state index contributed by atoms with van der Waals surface area (Å²) in [6, 6.07) is 0.279. The molecule has 1 unspecified atom stereocenters. The lowest BCUT2D eigenvalue weighted by atomic mass is 9.83. The van der Waals surface area contributed by atoms with Crippen LogP contribution in [0.4, 0.5) is 4.79 Å². The van der Waals surface area contributed by atoms with Crippen LogP contribution in [-0.2, 0) is 4.74 Å². The van der Waals surface area contributed by atoms with Gasteiger partial charge in [-0.2, -0.15) is 0 Å². The second-order valence-electron chi connectivity index (χ2n) is 8.12. The molecule has 0 radical (unpaired) electrons. The molecule has 27 heavy (non-hydrogen) atoms. The molecule has 7 heteroatoms. The van der Waals surface area contributed by atoms with Gasteiger partial charge in [-0.05, 0) is 50.9 Å². The number of nitrogens with zero attached hydrogens (tertiary/aromatic N) is 3. The van der Waals surface area contributed by atoms with Gasteiger partial charge in [-0.15, -0.1) is 11.3 Å². The number of hydrogen-bond acceptors (Lipinski definition) is 5. The second kappa shape index (κ2) is 9.04. The van der Waals surface area contributed by atoms with Crippen molar-refractivity contribution in [1.82, 2.24) is 14.8 Å². The van der Waals surface area contributed by atoms with Gasteiger partial charge in [-0.1, -0.05) is 13.8 Å². The molecule has 1 atom stereocenters. The normalized spacial score (nSPS) is 21.6. The Balaban J connectivity index is 1.59. The fraction of sp³-hybridized carbons (Fsp3) is 0.750. The fourth-order valence-electron chi connectivity index (χ4n) is 4.13. The smallest absolute Gasteiger partial charge is 0.409 e. The first-order valence-electron chi connectivity index (χ1n) is 10.1.